The number of aliphatic hydroxyl groups excluding tert-OH is 2. The van der Waals surface area contributed by atoms with E-state index in [1.54, 1.807) is 0 Å². The third-order valence-corrected chi connectivity index (χ3v) is 10.7. The van der Waals surface area contributed by atoms with E-state index in [4.69, 9.17) is 24.8 Å². The van der Waals surface area contributed by atoms with Gasteiger partial charge in [-0.3, -0.25) is 23.4 Å². The lowest BCUT2D eigenvalue weighted by atomic mass is 10.0. The topological polar surface area (TPSA) is 212 Å². The molecule has 0 aliphatic carbocycles. The van der Waals surface area contributed by atoms with Crippen molar-refractivity contribution in [2.45, 2.75) is 205 Å². The molecule has 0 aliphatic heterocycles. The van der Waals surface area contributed by atoms with E-state index in [0.717, 1.165) is 51.4 Å². The highest BCUT2D eigenvalue weighted by atomic mass is 31.2. The highest BCUT2D eigenvalue weighted by Crippen LogP contribution is 2.43. The smallest absolute Gasteiger partial charge is 0.472 e. The highest BCUT2D eigenvalue weighted by molar-refractivity contribution is 7.47. The Labute approximate surface area is 361 Å². The molecule has 0 fully saturated rings. The van der Waals surface area contributed by atoms with Gasteiger partial charge in [0.1, 0.15) is 12.6 Å². The van der Waals surface area contributed by atoms with Crippen molar-refractivity contribution in [3.8, 4) is 0 Å². The number of nitrogens with two attached hydrogens (primary N) is 1. The molecule has 0 saturated carbocycles. The molecule has 0 aromatic carbocycles. The summed E-state index contributed by atoms with van der Waals surface area (Å²) in [5.74, 6) is -2.70. The van der Waals surface area contributed by atoms with Crippen LogP contribution in [0.15, 0.2) is 48.6 Å². The molecule has 0 aliphatic rings. The number of ether oxygens (including phenoxy) is 2. The summed E-state index contributed by atoms with van der Waals surface area (Å²) in [5.41, 5.74) is 5.32. The van der Waals surface area contributed by atoms with Crippen LogP contribution in [0.4, 0.5) is 0 Å². The van der Waals surface area contributed by atoms with Gasteiger partial charge in [0.25, 0.3) is 0 Å². The average Bonchev–Trinajstić information content (AvgIpc) is 3.22. The molecule has 14 heteroatoms. The maximum Gasteiger partial charge on any atom is 0.472 e. The average molecular weight is 872 g/mol. The minimum Gasteiger partial charge on any atom is -0.480 e. The molecule has 0 radical (unpaired) electrons. The zero-order valence-electron chi connectivity index (χ0n) is 37.0. The maximum atomic E-state index is 12.7. The summed E-state index contributed by atoms with van der Waals surface area (Å²) in [5, 5.41) is 29.6. The Morgan fingerprint density at radius 3 is 1.65 bits per heavy atom. The Morgan fingerprint density at radius 1 is 0.583 bits per heavy atom. The number of phosphoric ester groups is 1. The molecule has 348 valence electrons. The van der Waals surface area contributed by atoms with Gasteiger partial charge in [-0.2, -0.15) is 0 Å². The van der Waals surface area contributed by atoms with Gasteiger partial charge in [-0.15, -0.1) is 0 Å². The molecule has 0 saturated heterocycles. The molecule has 0 rings (SSSR count). The number of esters is 2. The van der Waals surface area contributed by atoms with E-state index in [1.807, 2.05) is 12.2 Å². The first kappa shape index (κ1) is 57.4. The van der Waals surface area contributed by atoms with Crippen molar-refractivity contribution >= 4 is 25.7 Å². The minimum absolute atomic E-state index is 0.0936. The van der Waals surface area contributed by atoms with Crippen LogP contribution >= 0.6 is 7.82 Å². The van der Waals surface area contributed by atoms with Crippen molar-refractivity contribution in [2.75, 3.05) is 19.8 Å². The highest BCUT2D eigenvalue weighted by Gasteiger charge is 2.28. The number of phosphoric acid groups is 1. The van der Waals surface area contributed by atoms with Gasteiger partial charge in [0.2, 0.25) is 0 Å². The third-order valence-electron chi connectivity index (χ3n) is 9.75. The van der Waals surface area contributed by atoms with Gasteiger partial charge in [-0.05, 0) is 77.0 Å². The Balaban J connectivity index is 4.57. The number of carbonyl (C=O) groups excluding carboxylic acids is 2. The molecule has 0 spiro atoms. The zero-order chi connectivity index (χ0) is 44.5. The fraction of sp³-hybridized carbons (Fsp3) is 0.761. The number of aliphatic hydroxyl groups is 2. The number of carboxylic acids is 1. The number of aliphatic carboxylic acids is 1. The molecule has 0 bridgehead atoms. The number of rotatable bonds is 42. The molecule has 0 aromatic rings. The Hall–Kier alpha value is -2.64. The lowest BCUT2D eigenvalue weighted by Gasteiger charge is -2.20. The SMILES string of the molecule is CCCCC/C=C\C/C=C\C/C=C\CC(O)C(O)CCCC(=O)OC[C@H](COP(=O)(O)OC[C@H](N)C(=O)O)OC(=O)CCCCCCCCC/C=C\CCCCCCCC. The Kier molecular flexibility index (Phi) is 38.7. The normalized spacial score (nSPS) is 15.2. The monoisotopic (exact) mass is 872 g/mol. The first-order valence-corrected chi connectivity index (χ1v) is 24.3. The fourth-order valence-electron chi connectivity index (χ4n) is 5.99. The standard InChI is InChI=1S/C46H82NO12P/c1-3-5-7-9-11-13-15-17-18-19-20-21-23-25-27-29-31-35-45(51)59-40(38-57-60(54,55)58-39-41(47)46(52)53)37-56-44(50)36-32-34-43(49)42(48)33-30-28-26-24-22-16-14-12-10-8-6-4-2/h12,14,17-18,22,24,28,30,40-43,48-49H,3-11,13,15-16,19-21,23,25-27,29,31-39,47H2,1-2H3,(H,52,53)(H,54,55)/b14-12-,18-17-,24-22-,30-28-/t40-,41+,42?,43?/m1/s1. The van der Waals surface area contributed by atoms with Crippen molar-refractivity contribution in [1.29, 1.82) is 0 Å². The number of unbranched alkanes of at least 4 members (excludes halogenated alkanes) is 16. The van der Waals surface area contributed by atoms with E-state index >= 15 is 0 Å². The summed E-state index contributed by atoms with van der Waals surface area (Å²) in [7, 11) is -4.79. The molecule has 0 aromatic heterocycles. The summed E-state index contributed by atoms with van der Waals surface area (Å²) in [6.07, 6.45) is 37.7. The summed E-state index contributed by atoms with van der Waals surface area (Å²) in [6.45, 7) is 2.47. The van der Waals surface area contributed by atoms with Crippen LogP contribution in [0.25, 0.3) is 0 Å². The Bertz CT molecular complexity index is 1240. The van der Waals surface area contributed by atoms with E-state index in [2.05, 4.69) is 54.8 Å². The molecule has 13 nitrogen and oxygen atoms in total. The van der Waals surface area contributed by atoms with Gasteiger partial charge in [0.15, 0.2) is 6.10 Å². The minimum atomic E-state index is -4.79. The molecule has 6 N–H and O–H groups in total. The van der Waals surface area contributed by atoms with E-state index in [0.29, 0.717) is 6.42 Å². The van der Waals surface area contributed by atoms with Gasteiger partial charge >= 0.3 is 25.7 Å². The summed E-state index contributed by atoms with van der Waals surface area (Å²) in [4.78, 5) is 46.1. The second-order valence-corrected chi connectivity index (χ2v) is 16.9. The largest absolute Gasteiger partial charge is 0.480 e. The lowest BCUT2D eigenvalue weighted by molar-refractivity contribution is -0.161. The first-order valence-electron chi connectivity index (χ1n) is 22.8. The fourth-order valence-corrected chi connectivity index (χ4v) is 6.76. The number of hydrogen-bond acceptors (Lipinski definition) is 11. The molecule has 3 unspecified atom stereocenters. The van der Waals surface area contributed by atoms with E-state index in [-0.39, 0.29) is 32.1 Å². The Morgan fingerprint density at radius 2 is 1.05 bits per heavy atom. The summed E-state index contributed by atoms with van der Waals surface area (Å²) >= 11 is 0. The molecular formula is C46H82NO12P. The van der Waals surface area contributed by atoms with Gasteiger partial charge in [-0.25, -0.2) is 4.57 Å². The van der Waals surface area contributed by atoms with E-state index in [9.17, 15) is 34.1 Å². The van der Waals surface area contributed by atoms with Crippen molar-refractivity contribution in [1.82, 2.24) is 0 Å². The summed E-state index contributed by atoms with van der Waals surface area (Å²) in [6, 6.07) is -1.56. The lowest BCUT2D eigenvalue weighted by Crippen LogP contribution is -2.34. The van der Waals surface area contributed by atoms with Crippen LogP contribution in [-0.4, -0.2) is 82.3 Å². The number of carbonyl (C=O) groups is 3. The third kappa shape index (κ3) is 38.3. The quantitative estimate of drug-likeness (QED) is 0.0167. The number of hydrogen-bond donors (Lipinski definition) is 5. The molecule has 0 heterocycles. The molecule has 0 amide bonds. The van der Waals surface area contributed by atoms with E-state index in [1.165, 1.54) is 77.0 Å². The predicted octanol–water partition coefficient (Wildman–Crippen LogP) is 10.1. The summed E-state index contributed by atoms with van der Waals surface area (Å²) < 4.78 is 32.5. The second-order valence-electron chi connectivity index (χ2n) is 15.5. The second kappa shape index (κ2) is 40.4. The van der Waals surface area contributed by atoms with Crippen LogP contribution in [0.1, 0.15) is 181 Å². The first-order chi connectivity index (χ1) is 28.9. The maximum absolute atomic E-state index is 12.7. The van der Waals surface area contributed by atoms with Crippen LogP contribution in [0.3, 0.4) is 0 Å². The van der Waals surface area contributed by atoms with Gasteiger partial charge in [0, 0.05) is 12.8 Å². The van der Waals surface area contributed by atoms with Crippen LogP contribution in [0.2, 0.25) is 0 Å². The molecular weight excluding hydrogens is 789 g/mol. The zero-order valence-corrected chi connectivity index (χ0v) is 37.9. The van der Waals surface area contributed by atoms with E-state index < -0.39 is 69.9 Å². The van der Waals surface area contributed by atoms with Crippen LogP contribution in [-0.2, 0) is 37.5 Å². The number of carboxylic acid groups (broad SMARTS) is 1. The van der Waals surface area contributed by atoms with Gasteiger partial charge in [0.05, 0.1) is 25.4 Å². The van der Waals surface area contributed by atoms with Gasteiger partial charge < -0.3 is 35.4 Å². The van der Waals surface area contributed by atoms with Crippen LogP contribution in [0.5, 0.6) is 0 Å². The molecule has 5 atom stereocenters. The van der Waals surface area contributed by atoms with Crippen molar-refractivity contribution in [3.63, 3.8) is 0 Å². The van der Waals surface area contributed by atoms with Crippen LogP contribution < -0.4 is 5.73 Å². The van der Waals surface area contributed by atoms with Crippen molar-refractivity contribution in [2.24, 2.45) is 5.73 Å². The van der Waals surface area contributed by atoms with Gasteiger partial charge in [-0.1, -0.05) is 140 Å². The van der Waals surface area contributed by atoms with Crippen molar-refractivity contribution < 1.29 is 57.7 Å². The number of allylic oxidation sites excluding steroid dienone is 7. The van der Waals surface area contributed by atoms with Crippen LogP contribution in [0, 0.1) is 0 Å². The predicted molar refractivity (Wildman–Crippen MR) is 238 cm³/mol. The van der Waals surface area contributed by atoms with Crippen molar-refractivity contribution in [3.05, 3.63) is 48.6 Å². The molecule has 60 heavy (non-hydrogen) atoms.